The molecule has 0 saturated carbocycles. The molecule has 25 heavy (non-hydrogen) atoms. The smallest absolute Gasteiger partial charge is 0.272 e. The summed E-state index contributed by atoms with van der Waals surface area (Å²) < 4.78 is 0. The number of fused-ring (bicyclic) bond motifs is 1. The molecular formula is C15H20ClN5O4. The maximum Gasteiger partial charge on any atom is 0.272 e. The van der Waals surface area contributed by atoms with E-state index in [1.165, 1.54) is 12.1 Å². The second-order valence-corrected chi connectivity index (χ2v) is 5.30. The third kappa shape index (κ3) is 4.91. The van der Waals surface area contributed by atoms with Crippen LogP contribution in [0.3, 0.4) is 0 Å². The Morgan fingerprint density at radius 1 is 1.20 bits per heavy atom. The van der Waals surface area contributed by atoms with Crippen LogP contribution in [0.5, 0.6) is 0 Å². The van der Waals surface area contributed by atoms with Gasteiger partial charge in [-0.05, 0) is 18.6 Å². The lowest BCUT2D eigenvalue weighted by atomic mass is 10.1. The first-order valence-corrected chi connectivity index (χ1v) is 7.50. The number of rotatable bonds is 6. The maximum absolute atomic E-state index is 12.0. The van der Waals surface area contributed by atoms with E-state index < -0.39 is 29.0 Å². The van der Waals surface area contributed by atoms with Crippen molar-refractivity contribution in [1.29, 1.82) is 0 Å². The van der Waals surface area contributed by atoms with Crippen LogP contribution in [0, 0.1) is 0 Å². The SMILES string of the molecule is CCCC(N)C(=O)NCC(=O)Nc1cccc2c(=O)[nH][nH]c(=O)c12.Cl. The number of aromatic amines is 2. The minimum Gasteiger partial charge on any atom is -0.346 e. The number of H-pyrrole nitrogens is 2. The van der Waals surface area contributed by atoms with Crippen LogP contribution in [-0.2, 0) is 9.59 Å². The van der Waals surface area contributed by atoms with Crippen LogP contribution < -0.4 is 27.5 Å². The van der Waals surface area contributed by atoms with Crippen LogP contribution >= 0.6 is 12.4 Å². The highest BCUT2D eigenvalue weighted by molar-refractivity contribution is 6.02. The van der Waals surface area contributed by atoms with Gasteiger partial charge in [-0.25, -0.2) is 0 Å². The van der Waals surface area contributed by atoms with Crippen molar-refractivity contribution in [2.45, 2.75) is 25.8 Å². The summed E-state index contributed by atoms with van der Waals surface area (Å²) in [6, 6.07) is 3.86. The summed E-state index contributed by atoms with van der Waals surface area (Å²) in [5, 5.41) is 9.59. The minimum absolute atomic E-state index is 0. The molecule has 10 heteroatoms. The predicted molar refractivity (Wildman–Crippen MR) is 97.0 cm³/mol. The molecule has 1 unspecified atom stereocenters. The first kappa shape index (κ1) is 20.4. The maximum atomic E-state index is 12.0. The van der Waals surface area contributed by atoms with Crippen molar-refractivity contribution in [3.05, 3.63) is 38.9 Å². The van der Waals surface area contributed by atoms with E-state index in [2.05, 4.69) is 20.8 Å². The molecule has 1 heterocycles. The molecule has 1 atom stereocenters. The number of benzene rings is 1. The Morgan fingerprint density at radius 2 is 1.88 bits per heavy atom. The van der Waals surface area contributed by atoms with E-state index in [0.29, 0.717) is 6.42 Å². The Bertz CT molecular complexity index is 876. The predicted octanol–water partition coefficient (Wildman–Crippen LogP) is -0.180. The first-order valence-electron chi connectivity index (χ1n) is 7.50. The fourth-order valence-corrected chi connectivity index (χ4v) is 2.27. The van der Waals surface area contributed by atoms with Crippen molar-refractivity contribution < 1.29 is 9.59 Å². The molecule has 6 N–H and O–H groups in total. The number of hydrogen-bond acceptors (Lipinski definition) is 5. The molecule has 0 aliphatic heterocycles. The summed E-state index contributed by atoms with van der Waals surface area (Å²) in [6.07, 6.45) is 1.28. The molecule has 2 rings (SSSR count). The molecule has 0 spiro atoms. The van der Waals surface area contributed by atoms with Gasteiger partial charge in [-0.2, -0.15) is 0 Å². The Balaban J connectivity index is 0.00000312. The van der Waals surface area contributed by atoms with Crippen LogP contribution in [0.1, 0.15) is 19.8 Å². The van der Waals surface area contributed by atoms with Gasteiger partial charge in [-0.15, -0.1) is 12.4 Å². The second kappa shape index (κ2) is 9.00. The lowest BCUT2D eigenvalue weighted by Gasteiger charge is -2.12. The van der Waals surface area contributed by atoms with Gasteiger partial charge in [0.1, 0.15) is 0 Å². The van der Waals surface area contributed by atoms with Crippen LogP contribution in [0.2, 0.25) is 0 Å². The van der Waals surface area contributed by atoms with Crippen molar-refractivity contribution >= 4 is 40.7 Å². The number of carbonyl (C=O) groups excluding carboxylic acids is 2. The summed E-state index contributed by atoms with van der Waals surface area (Å²) in [6.45, 7) is 1.62. The summed E-state index contributed by atoms with van der Waals surface area (Å²) in [4.78, 5) is 47.3. The van der Waals surface area contributed by atoms with E-state index in [9.17, 15) is 19.2 Å². The van der Waals surface area contributed by atoms with Gasteiger partial charge in [0.15, 0.2) is 0 Å². The molecule has 9 nitrogen and oxygen atoms in total. The highest BCUT2D eigenvalue weighted by Gasteiger charge is 2.14. The van der Waals surface area contributed by atoms with E-state index >= 15 is 0 Å². The number of halogens is 1. The highest BCUT2D eigenvalue weighted by Crippen LogP contribution is 2.16. The van der Waals surface area contributed by atoms with E-state index in [0.717, 1.165) is 6.42 Å². The lowest BCUT2D eigenvalue weighted by molar-refractivity contribution is -0.125. The molecule has 2 aromatic rings. The average Bonchev–Trinajstić information content (AvgIpc) is 2.56. The summed E-state index contributed by atoms with van der Waals surface area (Å²) in [7, 11) is 0. The van der Waals surface area contributed by atoms with Crippen molar-refractivity contribution in [1.82, 2.24) is 15.5 Å². The largest absolute Gasteiger partial charge is 0.346 e. The summed E-state index contributed by atoms with van der Waals surface area (Å²) >= 11 is 0. The fourth-order valence-electron chi connectivity index (χ4n) is 2.27. The number of nitrogens with one attached hydrogen (secondary N) is 4. The van der Waals surface area contributed by atoms with Gasteiger partial charge in [0.25, 0.3) is 11.1 Å². The molecule has 2 amide bonds. The molecule has 0 aliphatic rings. The standard InChI is InChI=1S/C15H19N5O4.ClH/c1-2-4-9(16)14(23)17-7-11(21)18-10-6-3-5-8-12(10)15(24)20-19-13(8)22;/h3,5-6,9H,2,4,7,16H2,1H3,(H,17,23)(H,18,21)(H,19,22)(H,20,24);1H. The quantitative estimate of drug-likeness (QED) is 0.478. The molecule has 0 fully saturated rings. The number of nitrogens with two attached hydrogens (primary N) is 1. The zero-order valence-corrected chi connectivity index (χ0v) is 14.4. The van der Waals surface area contributed by atoms with Gasteiger partial charge in [0, 0.05) is 0 Å². The van der Waals surface area contributed by atoms with Crippen molar-refractivity contribution in [3.63, 3.8) is 0 Å². The zero-order valence-electron chi connectivity index (χ0n) is 13.5. The monoisotopic (exact) mass is 369 g/mol. The highest BCUT2D eigenvalue weighted by atomic mass is 35.5. The van der Waals surface area contributed by atoms with Gasteiger partial charge in [0.05, 0.1) is 29.0 Å². The zero-order chi connectivity index (χ0) is 17.7. The van der Waals surface area contributed by atoms with Gasteiger partial charge >= 0.3 is 0 Å². The van der Waals surface area contributed by atoms with Crippen molar-refractivity contribution in [3.8, 4) is 0 Å². The van der Waals surface area contributed by atoms with Gasteiger partial charge < -0.3 is 16.4 Å². The number of aromatic nitrogens is 2. The van der Waals surface area contributed by atoms with Crippen molar-refractivity contribution in [2.75, 3.05) is 11.9 Å². The van der Waals surface area contributed by atoms with Crippen LogP contribution in [-0.4, -0.2) is 34.6 Å². The lowest BCUT2D eigenvalue weighted by Crippen LogP contribution is -2.43. The summed E-state index contributed by atoms with van der Waals surface area (Å²) in [5.41, 5.74) is 4.84. The Kier molecular flexibility index (Phi) is 7.34. The summed E-state index contributed by atoms with van der Waals surface area (Å²) in [5.74, 6) is -0.946. The molecular weight excluding hydrogens is 350 g/mol. The normalized spacial score (nSPS) is 11.4. The Hall–Kier alpha value is -2.65. The molecule has 0 saturated heterocycles. The number of hydrogen-bond donors (Lipinski definition) is 5. The minimum atomic E-state index is -0.665. The topological polar surface area (TPSA) is 150 Å². The Morgan fingerprint density at radius 3 is 2.56 bits per heavy atom. The van der Waals surface area contributed by atoms with Crippen LogP contribution in [0.4, 0.5) is 5.69 Å². The fraction of sp³-hybridized carbons (Fsp3) is 0.333. The molecule has 0 bridgehead atoms. The van der Waals surface area contributed by atoms with Gasteiger partial charge in [0.2, 0.25) is 11.8 Å². The van der Waals surface area contributed by atoms with E-state index in [1.54, 1.807) is 6.07 Å². The number of anilines is 1. The van der Waals surface area contributed by atoms with Crippen LogP contribution in [0.25, 0.3) is 10.8 Å². The van der Waals surface area contributed by atoms with Crippen LogP contribution in [0.15, 0.2) is 27.8 Å². The Labute approximate surface area is 148 Å². The van der Waals surface area contributed by atoms with Gasteiger partial charge in [-0.1, -0.05) is 19.4 Å². The molecule has 1 aromatic carbocycles. The molecule has 0 radical (unpaired) electrons. The van der Waals surface area contributed by atoms with E-state index in [1.807, 2.05) is 6.92 Å². The number of amides is 2. The van der Waals surface area contributed by atoms with E-state index in [4.69, 9.17) is 5.73 Å². The van der Waals surface area contributed by atoms with Gasteiger partial charge in [-0.3, -0.25) is 29.4 Å². The van der Waals surface area contributed by atoms with E-state index in [-0.39, 0.29) is 35.4 Å². The van der Waals surface area contributed by atoms with Crippen molar-refractivity contribution in [2.24, 2.45) is 5.73 Å². The average molecular weight is 370 g/mol. The molecule has 136 valence electrons. The molecule has 0 aliphatic carbocycles. The third-order valence-electron chi connectivity index (χ3n) is 3.46. The molecule has 1 aromatic heterocycles. The first-order chi connectivity index (χ1) is 11.4. The number of carbonyl (C=O) groups is 2. The second-order valence-electron chi connectivity index (χ2n) is 5.30. The third-order valence-corrected chi connectivity index (χ3v) is 3.46.